The highest BCUT2D eigenvalue weighted by atomic mass is 127. The molecule has 6 nitrogen and oxygen atoms in total. The van der Waals surface area contributed by atoms with Crippen LogP contribution in [0.1, 0.15) is 32.8 Å². The van der Waals surface area contributed by atoms with E-state index >= 15 is 0 Å². The summed E-state index contributed by atoms with van der Waals surface area (Å²) in [6.45, 7) is 5.82. The average molecular weight is 522 g/mol. The molecule has 0 saturated carbocycles. The minimum atomic E-state index is -1.22. The fourth-order valence-electron chi connectivity index (χ4n) is 1.59. The summed E-state index contributed by atoms with van der Waals surface area (Å²) >= 11 is 2.12. The van der Waals surface area contributed by atoms with E-state index in [4.69, 9.17) is 9.47 Å². The number of carbonyl (C=O) groups excluding carboxylic acids is 2. The topological polar surface area (TPSA) is 82.1 Å². The van der Waals surface area contributed by atoms with Crippen molar-refractivity contribution < 1.29 is 28.9 Å². The van der Waals surface area contributed by atoms with E-state index in [9.17, 15) is 14.7 Å². The quantitative estimate of drug-likeness (QED) is 0.242. The van der Waals surface area contributed by atoms with Crippen molar-refractivity contribution in [1.82, 2.24) is 0 Å². The van der Waals surface area contributed by atoms with E-state index in [1.165, 1.54) is 14.0 Å². The first kappa shape index (κ1) is 26.7. The molecule has 0 aliphatic rings. The van der Waals surface area contributed by atoms with Gasteiger partial charge in [0.05, 0.1) is 13.7 Å². The summed E-state index contributed by atoms with van der Waals surface area (Å²) in [6.07, 6.45) is -1.18. The van der Waals surface area contributed by atoms with Crippen LogP contribution in [0.2, 0.25) is 0 Å². The van der Waals surface area contributed by atoms with Gasteiger partial charge >= 0.3 is 11.9 Å². The molecular weight excluding hydrogens is 495 g/mol. The SMILES string of the molecule is CC(C)(C#CCC(O)C(=O)OCCSI)OCc1ccccc1.COC(C)=O. The zero-order valence-corrected chi connectivity index (χ0v) is 19.5. The van der Waals surface area contributed by atoms with Crippen LogP contribution in [0.5, 0.6) is 0 Å². The van der Waals surface area contributed by atoms with Gasteiger partial charge in [0.15, 0.2) is 6.10 Å². The molecule has 156 valence electrons. The zero-order valence-electron chi connectivity index (χ0n) is 16.6. The molecule has 0 fully saturated rings. The fraction of sp³-hybridized carbons (Fsp3) is 0.500. The Hall–Kier alpha value is -1.28. The Morgan fingerprint density at radius 2 is 1.89 bits per heavy atom. The molecule has 0 amide bonds. The molecule has 1 aromatic carbocycles. The van der Waals surface area contributed by atoms with Crippen LogP contribution >= 0.6 is 30.1 Å². The monoisotopic (exact) mass is 522 g/mol. The molecule has 0 radical (unpaired) electrons. The second-order valence-electron chi connectivity index (χ2n) is 5.98. The van der Waals surface area contributed by atoms with Gasteiger partial charge in [0.1, 0.15) is 12.2 Å². The summed E-state index contributed by atoms with van der Waals surface area (Å²) in [6, 6.07) is 9.83. The third-order valence-corrected chi connectivity index (χ3v) is 4.73. The molecule has 0 spiro atoms. The Morgan fingerprint density at radius 1 is 1.29 bits per heavy atom. The summed E-state index contributed by atoms with van der Waals surface area (Å²) in [5, 5.41) is 9.70. The van der Waals surface area contributed by atoms with Gasteiger partial charge in [-0.05, 0) is 40.6 Å². The lowest BCUT2D eigenvalue weighted by atomic mass is 10.1. The molecule has 1 atom stereocenters. The average Bonchev–Trinajstić information content (AvgIpc) is 2.67. The van der Waals surface area contributed by atoms with Crippen LogP contribution < -0.4 is 0 Å². The molecule has 0 heterocycles. The molecule has 0 aliphatic carbocycles. The Morgan fingerprint density at radius 3 is 2.43 bits per heavy atom. The number of halogens is 1. The number of esters is 2. The second kappa shape index (κ2) is 15.6. The summed E-state index contributed by atoms with van der Waals surface area (Å²) in [5.41, 5.74) is 0.413. The van der Waals surface area contributed by atoms with Crippen molar-refractivity contribution in [3.63, 3.8) is 0 Å². The summed E-state index contributed by atoms with van der Waals surface area (Å²) in [5.74, 6) is 5.56. The van der Waals surface area contributed by atoms with E-state index in [2.05, 4.69) is 37.8 Å². The number of hydrogen-bond acceptors (Lipinski definition) is 7. The molecule has 28 heavy (non-hydrogen) atoms. The number of ether oxygens (including phenoxy) is 3. The highest BCUT2D eigenvalue weighted by Crippen LogP contribution is 2.12. The lowest BCUT2D eigenvalue weighted by Gasteiger charge is -2.19. The molecule has 1 rings (SSSR count). The van der Waals surface area contributed by atoms with Gasteiger partial charge < -0.3 is 19.3 Å². The standard InChI is InChI=1S/C17H21IO4S.C3H6O2/c1-17(2,22-13-14-7-4-3-5-8-14)10-6-9-15(19)16(20)21-11-12-23-18;1-3(4)5-2/h3-5,7-8,15,19H,9,11-13H2,1-2H3;1-2H3. The first-order valence-electron chi connectivity index (χ1n) is 8.52. The molecule has 8 heteroatoms. The fourth-order valence-corrected chi connectivity index (χ4v) is 2.27. The van der Waals surface area contributed by atoms with E-state index in [1.807, 2.05) is 44.2 Å². The first-order chi connectivity index (χ1) is 13.2. The lowest BCUT2D eigenvalue weighted by molar-refractivity contribution is -0.152. The smallest absolute Gasteiger partial charge is 0.335 e. The van der Waals surface area contributed by atoms with Crippen molar-refractivity contribution in [2.24, 2.45) is 0 Å². The number of aliphatic hydroxyl groups excluding tert-OH is 1. The van der Waals surface area contributed by atoms with Crippen LogP contribution in [0.25, 0.3) is 0 Å². The van der Waals surface area contributed by atoms with E-state index < -0.39 is 17.7 Å². The normalized spacial score (nSPS) is 11.2. The van der Waals surface area contributed by atoms with Crippen LogP contribution in [0.15, 0.2) is 30.3 Å². The van der Waals surface area contributed by atoms with Gasteiger partial charge in [0.25, 0.3) is 0 Å². The number of carbonyl (C=O) groups is 2. The number of rotatable bonds is 8. The number of benzene rings is 1. The Kier molecular flexibility index (Phi) is 14.9. The van der Waals surface area contributed by atoms with E-state index in [1.54, 1.807) is 8.93 Å². The molecule has 1 N–H and O–H groups in total. The molecule has 0 saturated heterocycles. The molecule has 0 aromatic heterocycles. The number of hydrogen-bond donors (Lipinski definition) is 1. The maximum Gasteiger partial charge on any atom is 0.335 e. The van der Waals surface area contributed by atoms with Crippen LogP contribution in [0.3, 0.4) is 0 Å². The van der Waals surface area contributed by atoms with Gasteiger partial charge in [0, 0.05) is 19.1 Å². The van der Waals surface area contributed by atoms with E-state index in [0.29, 0.717) is 19.0 Å². The van der Waals surface area contributed by atoms with Crippen molar-refractivity contribution in [3.05, 3.63) is 35.9 Å². The van der Waals surface area contributed by atoms with Crippen LogP contribution in [0, 0.1) is 11.8 Å². The maximum atomic E-state index is 11.5. The van der Waals surface area contributed by atoms with Crippen LogP contribution in [-0.2, 0) is 30.4 Å². The molecule has 0 bridgehead atoms. The third-order valence-electron chi connectivity index (χ3n) is 3.09. The summed E-state index contributed by atoms with van der Waals surface area (Å²) in [4.78, 5) is 21.1. The van der Waals surface area contributed by atoms with Gasteiger partial charge in [0.2, 0.25) is 0 Å². The largest absolute Gasteiger partial charge is 0.469 e. The molecule has 1 aromatic rings. The summed E-state index contributed by atoms with van der Waals surface area (Å²) in [7, 11) is 2.90. The number of methoxy groups -OCH3 is 1. The van der Waals surface area contributed by atoms with Crippen molar-refractivity contribution in [2.75, 3.05) is 19.5 Å². The Labute approximate surface area is 183 Å². The van der Waals surface area contributed by atoms with Gasteiger partial charge in [-0.25, -0.2) is 4.79 Å². The van der Waals surface area contributed by atoms with Crippen LogP contribution in [-0.4, -0.2) is 48.2 Å². The highest BCUT2D eigenvalue weighted by Gasteiger charge is 2.17. The minimum absolute atomic E-state index is 0.0360. The van der Waals surface area contributed by atoms with Crippen molar-refractivity contribution in [2.45, 2.75) is 45.5 Å². The lowest BCUT2D eigenvalue weighted by Crippen LogP contribution is -2.24. The van der Waals surface area contributed by atoms with Gasteiger partial charge in [-0.1, -0.05) is 51.1 Å². The van der Waals surface area contributed by atoms with Gasteiger partial charge in [-0.15, -0.1) is 0 Å². The predicted octanol–water partition coefficient (Wildman–Crippen LogP) is 3.54. The third kappa shape index (κ3) is 14.7. The van der Waals surface area contributed by atoms with Gasteiger partial charge in [-0.2, -0.15) is 0 Å². The highest BCUT2D eigenvalue weighted by molar-refractivity contribution is 14.2. The maximum absolute atomic E-state index is 11.5. The molecular formula is C20H27IO6S. The Balaban J connectivity index is 0.00000129. The van der Waals surface area contributed by atoms with E-state index in [-0.39, 0.29) is 12.4 Å². The second-order valence-corrected chi connectivity index (χ2v) is 8.48. The van der Waals surface area contributed by atoms with E-state index in [0.717, 1.165) is 5.56 Å². The number of aliphatic hydroxyl groups is 1. The first-order valence-corrected chi connectivity index (χ1v) is 12.1. The summed E-state index contributed by atoms with van der Waals surface area (Å²) < 4.78 is 14.8. The van der Waals surface area contributed by atoms with Crippen molar-refractivity contribution in [3.8, 4) is 11.8 Å². The molecule has 0 aliphatic heterocycles. The van der Waals surface area contributed by atoms with Crippen molar-refractivity contribution >= 4 is 42.1 Å². The Bertz CT molecular complexity index is 639. The minimum Gasteiger partial charge on any atom is -0.469 e. The van der Waals surface area contributed by atoms with Crippen LogP contribution in [0.4, 0.5) is 0 Å². The van der Waals surface area contributed by atoms with Gasteiger partial charge in [-0.3, -0.25) is 4.79 Å². The predicted molar refractivity (Wildman–Crippen MR) is 119 cm³/mol. The molecule has 1 unspecified atom stereocenters. The zero-order chi connectivity index (χ0) is 21.4. The van der Waals surface area contributed by atoms with Crippen molar-refractivity contribution in [1.29, 1.82) is 0 Å².